The van der Waals surface area contributed by atoms with Gasteiger partial charge in [-0.05, 0) is 48.2 Å². The van der Waals surface area contributed by atoms with Crippen LogP contribution in [0.3, 0.4) is 0 Å². The van der Waals surface area contributed by atoms with Gasteiger partial charge in [-0.2, -0.15) is 16.8 Å². The largest absolute Gasteiger partial charge is 0.506 e. The minimum atomic E-state index is -4.41. The van der Waals surface area contributed by atoms with Crippen LogP contribution in [0.5, 0.6) is 11.5 Å². The molecule has 0 aliphatic carbocycles. The van der Waals surface area contributed by atoms with E-state index in [9.17, 15) is 21.9 Å². The Labute approximate surface area is 146 Å². The van der Waals surface area contributed by atoms with E-state index in [1.165, 1.54) is 12.1 Å². The van der Waals surface area contributed by atoms with E-state index in [1.807, 2.05) is 0 Å². The van der Waals surface area contributed by atoms with Gasteiger partial charge in [0.25, 0.3) is 10.1 Å². The van der Waals surface area contributed by atoms with Crippen molar-refractivity contribution in [2.75, 3.05) is 0 Å². The number of para-hydroxylation sites is 1. The zero-order valence-electron chi connectivity index (χ0n) is 13.6. The minimum absolute atomic E-state index is 0.0730. The number of aromatic hydroxyl groups is 1. The molecule has 0 aliphatic heterocycles. The van der Waals surface area contributed by atoms with Crippen LogP contribution in [0.2, 0.25) is 0 Å². The number of hydrogen-bond donors (Lipinski definition) is 2. The Hall–Kier alpha value is -2.10. The van der Waals surface area contributed by atoms with E-state index in [4.69, 9.17) is 8.74 Å². The Morgan fingerprint density at radius 1 is 0.960 bits per heavy atom. The van der Waals surface area contributed by atoms with Crippen LogP contribution >= 0.6 is 0 Å². The molecule has 0 radical (unpaired) electrons. The van der Waals surface area contributed by atoms with Crippen molar-refractivity contribution in [1.82, 2.24) is 0 Å². The molecular formula is C16H18O7S2. The standard InChI is InChI=1S/C16H18O7S2/c1-3-11-6-5-7-15(16(11)17)25(21,22)23-14-9-8-13(24(18,19)20)10-12(14)4-2/h5-10,17H,3-4H2,1-2H3,(H,18,19,20). The first-order chi connectivity index (χ1) is 11.6. The van der Waals surface area contributed by atoms with Crippen molar-refractivity contribution in [2.45, 2.75) is 36.5 Å². The van der Waals surface area contributed by atoms with Crippen LogP contribution < -0.4 is 4.18 Å². The summed E-state index contributed by atoms with van der Waals surface area (Å²) in [6, 6.07) is 7.66. The van der Waals surface area contributed by atoms with Crippen molar-refractivity contribution in [2.24, 2.45) is 0 Å². The Kier molecular flexibility index (Phi) is 5.40. The number of hydrogen-bond acceptors (Lipinski definition) is 6. The maximum absolute atomic E-state index is 12.5. The second-order valence-corrected chi connectivity index (χ2v) is 8.19. The third kappa shape index (κ3) is 4.12. The minimum Gasteiger partial charge on any atom is -0.506 e. The molecule has 0 aliphatic rings. The van der Waals surface area contributed by atoms with Gasteiger partial charge < -0.3 is 9.29 Å². The summed E-state index contributed by atoms with van der Waals surface area (Å²) >= 11 is 0. The number of rotatable bonds is 6. The van der Waals surface area contributed by atoms with E-state index in [-0.39, 0.29) is 33.3 Å². The number of phenolic OH excluding ortho intramolecular Hbond substituents is 1. The summed E-state index contributed by atoms with van der Waals surface area (Å²) in [5, 5.41) is 10.1. The van der Waals surface area contributed by atoms with Crippen LogP contribution in [0, 0.1) is 0 Å². The number of benzene rings is 2. The molecule has 0 saturated heterocycles. The molecule has 0 amide bonds. The zero-order chi connectivity index (χ0) is 18.8. The van der Waals surface area contributed by atoms with Gasteiger partial charge in [0.05, 0.1) is 4.90 Å². The summed E-state index contributed by atoms with van der Waals surface area (Å²) in [5.41, 5.74) is 0.743. The monoisotopic (exact) mass is 386 g/mol. The van der Waals surface area contributed by atoms with Crippen molar-refractivity contribution in [3.05, 3.63) is 47.5 Å². The van der Waals surface area contributed by atoms with Crippen LogP contribution in [0.4, 0.5) is 0 Å². The average molecular weight is 386 g/mol. The molecule has 0 aromatic heterocycles. The molecule has 7 nitrogen and oxygen atoms in total. The van der Waals surface area contributed by atoms with Gasteiger partial charge in [0.1, 0.15) is 16.4 Å². The fourth-order valence-corrected chi connectivity index (χ4v) is 3.92. The second-order valence-electron chi connectivity index (χ2n) is 5.25. The summed E-state index contributed by atoms with van der Waals surface area (Å²) < 4.78 is 61.6. The molecule has 0 fully saturated rings. The Bertz CT molecular complexity index is 993. The Balaban J connectivity index is 2.48. The predicted molar refractivity (Wildman–Crippen MR) is 90.9 cm³/mol. The maximum atomic E-state index is 12.5. The van der Waals surface area contributed by atoms with E-state index in [0.29, 0.717) is 12.0 Å². The van der Waals surface area contributed by atoms with Crippen LogP contribution in [0.15, 0.2) is 46.2 Å². The lowest BCUT2D eigenvalue weighted by Gasteiger charge is -2.13. The third-order valence-electron chi connectivity index (χ3n) is 3.64. The lowest BCUT2D eigenvalue weighted by atomic mass is 10.1. The molecule has 9 heteroatoms. The van der Waals surface area contributed by atoms with Crippen molar-refractivity contribution in [1.29, 1.82) is 0 Å². The lowest BCUT2D eigenvalue weighted by molar-refractivity contribution is 0.439. The highest BCUT2D eigenvalue weighted by Gasteiger charge is 2.24. The van der Waals surface area contributed by atoms with E-state index < -0.39 is 20.2 Å². The van der Waals surface area contributed by atoms with Gasteiger partial charge in [0, 0.05) is 0 Å². The summed E-state index contributed by atoms with van der Waals surface area (Å²) in [6.45, 7) is 3.45. The fraction of sp³-hybridized carbons (Fsp3) is 0.250. The first-order valence-corrected chi connectivity index (χ1v) is 10.3. The van der Waals surface area contributed by atoms with Gasteiger partial charge in [-0.25, -0.2) is 0 Å². The molecule has 25 heavy (non-hydrogen) atoms. The van der Waals surface area contributed by atoms with Crippen molar-refractivity contribution < 1.29 is 30.7 Å². The zero-order valence-corrected chi connectivity index (χ0v) is 15.3. The van der Waals surface area contributed by atoms with Gasteiger partial charge in [-0.3, -0.25) is 4.55 Å². The van der Waals surface area contributed by atoms with Crippen molar-refractivity contribution in [3.8, 4) is 11.5 Å². The smallest absolute Gasteiger partial charge is 0.342 e. The molecule has 136 valence electrons. The first-order valence-electron chi connectivity index (χ1n) is 7.46. The summed E-state index contributed by atoms with van der Waals surface area (Å²) in [7, 11) is -8.73. The molecule has 0 atom stereocenters. The normalized spacial score (nSPS) is 12.1. The number of aryl methyl sites for hydroxylation is 2. The summed E-state index contributed by atoms with van der Waals surface area (Å²) in [4.78, 5) is -0.724. The first kappa shape index (κ1) is 19.2. The van der Waals surface area contributed by atoms with E-state index in [1.54, 1.807) is 19.9 Å². The molecule has 0 bridgehead atoms. The van der Waals surface area contributed by atoms with E-state index in [2.05, 4.69) is 0 Å². The van der Waals surface area contributed by atoms with Crippen LogP contribution in [0.25, 0.3) is 0 Å². The predicted octanol–water partition coefficient (Wildman–Crippen LogP) is 2.53. The van der Waals surface area contributed by atoms with Crippen LogP contribution in [-0.2, 0) is 33.1 Å². The molecular weight excluding hydrogens is 368 g/mol. The lowest BCUT2D eigenvalue weighted by Crippen LogP contribution is -2.12. The van der Waals surface area contributed by atoms with Crippen LogP contribution in [-0.4, -0.2) is 26.5 Å². The van der Waals surface area contributed by atoms with Crippen LogP contribution in [0.1, 0.15) is 25.0 Å². The molecule has 2 aromatic carbocycles. The Morgan fingerprint density at radius 2 is 1.60 bits per heavy atom. The van der Waals surface area contributed by atoms with Gasteiger partial charge in [-0.1, -0.05) is 26.0 Å². The summed E-state index contributed by atoms with van der Waals surface area (Å²) in [6.07, 6.45) is 0.716. The highest BCUT2D eigenvalue weighted by atomic mass is 32.2. The molecule has 2 rings (SSSR count). The molecule has 2 N–H and O–H groups in total. The van der Waals surface area contributed by atoms with Crippen molar-refractivity contribution >= 4 is 20.2 Å². The molecule has 0 saturated carbocycles. The SMILES string of the molecule is CCc1cc(S(=O)(=O)O)ccc1OS(=O)(=O)c1cccc(CC)c1O. The van der Waals surface area contributed by atoms with Crippen molar-refractivity contribution in [3.63, 3.8) is 0 Å². The third-order valence-corrected chi connectivity index (χ3v) is 5.76. The molecule has 0 spiro atoms. The van der Waals surface area contributed by atoms with E-state index >= 15 is 0 Å². The van der Waals surface area contributed by atoms with Gasteiger partial charge >= 0.3 is 10.1 Å². The number of phenols is 1. The van der Waals surface area contributed by atoms with E-state index in [0.717, 1.165) is 18.2 Å². The second kappa shape index (κ2) is 7.03. The molecule has 0 unspecified atom stereocenters. The average Bonchev–Trinajstić information content (AvgIpc) is 2.53. The Morgan fingerprint density at radius 3 is 2.16 bits per heavy atom. The topological polar surface area (TPSA) is 118 Å². The van der Waals surface area contributed by atoms with Gasteiger partial charge in [0.15, 0.2) is 0 Å². The fourth-order valence-electron chi connectivity index (χ4n) is 2.29. The highest BCUT2D eigenvalue weighted by molar-refractivity contribution is 7.87. The quantitative estimate of drug-likeness (QED) is 0.578. The highest BCUT2D eigenvalue weighted by Crippen LogP contribution is 2.31. The molecule has 2 aromatic rings. The van der Waals surface area contributed by atoms with Gasteiger partial charge in [-0.15, -0.1) is 0 Å². The molecule has 0 heterocycles. The van der Waals surface area contributed by atoms with Gasteiger partial charge in [0.2, 0.25) is 0 Å². The summed E-state index contributed by atoms with van der Waals surface area (Å²) in [5.74, 6) is -0.450. The maximum Gasteiger partial charge on any atom is 0.342 e.